The minimum atomic E-state index is -0.755. The van der Waals surface area contributed by atoms with Gasteiger partial charge in [-0.25, -0.2) is 0 Å². The van der Waals surface area contributed by atoms with Crippen molar-refractivity contribution >= 4 is 5.91 Å². The summed E-state index contributed by atoms with van der Waals surface area (Å²) in [5.74, 6) is -1.20. The normalized spacial score (nSPS) is 11.8. The predicted molar refractivity (Wildman–Crippen MR) is 97.4 cm³/mol. The van der Waals surface area contributed by atoms with E-state index in [9.17, 15) is 19.8 Å². The molecule has 1 heterocycles. The molecule has 3 N–H and O–H groups in total. The zero-order valence-corrected chi connectivity index (χ0v) is 15.4. The number of rotatable bonds is 8. The number of aromatic hydroxyl groups is 2. The largest absolute Gasteiger partial charge is 0.504 e. The molecule has 0 unspecified atom stereocenters. The average molecular weight is 377 g/mol. The third-order valence-electron chi connectivity index (χ3n) is 4.01. The number of benzene rings is 1. The molecule has 0 aliphatic rings. The van der Waals surface area contributed by atoms with Crippen molar-refractivity contribution in [3.8, 4) is 17.2 Å². The number of ether oxygens (including phenoxy) is 2. The predicted octanol–water partition coefficient (Wildman–Crippen LogP) is 1.65. The maximum atomic E-state index is 12.3. The number of phenols is 1. The minimum Gasteiger partial charge on any atom is -0.504 e. The molecule has 0 saturated carbocycles. The second-order valence-corrected chi connectivity index (χ2v) is 5.96. The molecule has 8 nitrogen and oxygen atoms in total. The van der Waals surface area contributed by atoms with Gasteiger partial charge in [0.15, 0.2) is 17.3 Å². The van der Waals surface area contributed by atoms with Crippen molar-refractivity contribution in [2.24, 2.45) is 0 Å². The van der Waals surface area contributed by atoms with Crippen LogP contribution in [0.1, 0.15) is 29.4 Å². The third-order valence-corrected chi connectivity index (χ3v) is 4.01. The Hall–Kier alpha value is -3.00. The van der Waals surface area contributed by atoms with Gasteiger partial charge in [-0.3, -0.25) is 9.59 Å². The van der Waals surface area contributed by atoms with Crippen LogP contribution in [0.4, 0.5) is 0 Å². The Balaban J connectivity index is 2.46. The molecule has 0 bridgehead atoms. The molecule has 0 saturated heterocycles. The summed E-state index contributed by atoms with van der Waals surface area (Å²) >= 11 is 0. The minimum absolute atomic E-state index is 0.0189. The number of carbonyl (C=O) groups is 1. The number of aryl methyl sites for hydroxylation is 1. The number of hydrogen-bond donors (Lipinski definition) is 3. The average Bonchev–Trinajstić information content (AvgIpc) is 2.63. The van der Waals surface area contributed by atoms with Crippen LogP contribution in [0.3, 0.4) is 0 Å². The first-order chi connectivity index (χ1) is 12.9. The highest BCUT2D eigenvalue weighted by molar-refractivity contribution is 5.77. The van der Waals surface area contributed by atoms with E-state index in [1.165, 1.54) is 32.4 Å². The van der Waals surface area contributed by atoms with Gasteiger partial charge >= 0.3 is 0 Å². The topological polar surface area (TPSA) is 118 Å². The SMILES string of the molecule is COCCNC(=O)C[C@H](c1ccc(O)c(OC)c1)c1oc(C)cc(=O)c1O. The van der Waals surface area contributed by atoms with Crippen LogP contribution in [0, 0.1) is 6.92 Å². The van der Waals surface area contributed by atoms with Gasteiger partial charge in [-0.2, -0.15) is 0 Å². The lowest BCUT2D eigenvalue weighted by molar-refractivity contribution is -0.121. The molecular weight excluding hydrogens is 354 g/mol. The highest BCUT2D eigenvalue weighted by Crippen LogP contribution is 2.37. The fraction of sp³-hybridized carbons (Fsp3) is 0.368. The van der Waals surface area contributed by atoms with E-state index in [1.807, 2.05) is 0 Å². The molecule has 1 amide bonds. The number of carbonyl (C=O) groups excluding carboxylic acids is 1. The lowest BCUT2D eigenvalue weighted by Gasteiger charge is -2.19. The van der Waals surface area contributed by atoms with Crippen LogP contribution in [0.25, 0.3) is 0 Å². The zero-order chi connectivity index (χ0) is 20.0. The first-order valence-corrected chi connectivity index (χ1v) is 8.33. The molecule has 0 fully saturated rings. The molecule has 27 heavy (non-hydrogen) atoms. The number of phenolic OH excluding ortho intramolecular Hbond substituents is 1. The maximum Gasteiger partial charge on any atom is 0.227 e. The Labute approximate surface area is 156 Å². The van der Waals surface area contributed by atoms with E-state index in [0.717, 1.165) is 0 Å². The second-order valence-electron chi connectivity index (χ2n) is 5.96. The molecule has 2 aromatic rings. The Morgan fingerprint density at radius 2 is 2.00 bits per heavy atom. The smallest absolute Gasteiger partial charge is 0.227 e. The van der Waals surface area contributed by atoms with E-state index in [0.29, 0.717) is 24.5 Å². The number of hydrogen-bond acceptors (Lipinski definition) is 7. The van der Waals surface area contributed by atoms with Gasteiger partial charge in [0.2, 0.25) is 17.1 Å². The van der Waals surface area contributed by atoms with Crippen molar-refractivity contribution in [3.63, 3.8) is 0 Å². The quantitative estimate of drug-likeness (QED) is 0.599. The van der Waals surface area contributed by atoms with Gasteiger partial charge < -0.3 is 29.4 Å². The van der Waals surface area contributed by atoms with E-state index >= 15 is 0 Å². The summed E-state index contributed by atoms with van der Waals surface area (Å²) in [5, 5.41) is 22.7. The molecule has 8 heteroatoms. The Kier molecular flexibility index (Phi) is 6.84. The van der Waals surface area contributed by atoms with Crippen LogP contribution in [0.2, 0.25) is 0 Å². The van der Waals surface area contributed by atoms with Gasteiger partial charge in [-0.05, 0) is 24.6 Å². The van der Waals surface area contributed by atoms with Gasteiger partial charge in [-0.1, -0.05) is 6.07 Å². The van der Waals surface area contributed by atoms with Crippen molar-refractivity contribution in [3.05, 3.63) is 51.6 Å². The Morgan fingerprint density at radius 1 is 1.26 bits per heavy atom. The summed E-state index contributed by atoms with van der Waals surface area (Å²) in [6, 6.07) is 5.69. The standard InChI is InChI=1S/C19H23NO7/c1-11-8-15(22)18(24)19(27-11)13(10-17(23)20-6-7-25-2)12-4-5-14(21)16(9-12)26-3/h4-5,8-9,13,21,24H,6-7,10H2,1-3H3,(H,20,23)/t13-/m1/s1. The Bertz CT molecular complexity index is 860. The van der Waals surface area contributed by atoms with E-state index in [2.05, 4.69) is 5.32 Å². The third kappa shape index (κ3) is 5.01. The molecule has 1 aromatic heterocycles. The lowest BCUT2D eigenvalue weighted by atomic mass is 9.91. The van der Waals surface area contributed by atoms with Crippen LogP contribution in [0.5, 0.6) is 17.2 Å². The van der Waals surface area contributed by atoms with Gasteiger partial charge in [0.05, 0.1) is 19.6 Å². The molecule has 146 valence electrons. The van der Waals surface area contributed by atoms with Gasteiger partial charge in [0.25, 0.3) is 0 Å². The van der Waals surface area contributed by atoms with E-state index < -0.39 is 17.1 Å². The van der Waals surface area contributed by atoms with Crippen molar-refractivity contribution in [2.75, 3.05) is 27.4 Å². The van der Waals surface area contributed by atoms with E-state index in [-0.39, 0.29) is 29.6 Å². The van der Waals surface area contributed by atoms with Crippen LogP contribution in [-0.4, -0.2) is 43.5 Å². The van der Waals surface area contributed by atoms with Crippen LogP contribution >= 0.6 is 0 Å². The zero-order valence-electron chi connectivity index (χ0n) is 15.4. The summed E-state index contributed by atoms with van der Waals surface area (Å²) in [6.45, 7) is 2.26. The van der Waals surface area contributed by atoms with Gasteiger partial charge in [-0.15, -0.1) is 0 Å². The summed E-state index contributed by atoms with van der Waals surface area (Å²) in [5.41, 5.74) is -0.0557. The summed E-state index contributed by atoms with van der Waals surface area (Å²) < 4.78 is 15.6. The van der Waals surface area contributed by atoms with Crippen LogP contribution < -0.4 is 15.5 Å². The van der Waals surface area contributed by atoms with E-state index in [4.69, 9.17) is 13.9 Å². The van der Waals surface area contributed by atoms with Gasteiger partial charge in [0, 0.05) is 26.1 Å². The summed E-state index contributed by atoms with van der Waals surface area (Å²) in [4.78, 5) is 24.3. The van der Waals surface area contributed by atoms with Crippen molar-refractivity contribution < 1.29 is 28.9 Å². The highest BCUT2D eigenvalue weighted by atomic mass is 16.5. The molecule has 0 aliphatic carbocycles. The summed E-state index contributed by atoms with van der Waals surface area (Å²) in [7, 11) is 2.92. The molecular formula is C19H23NO7. The number of methoxy groups -OCH3 is 2. The van der Waals surface area contributed by atoms with Crippen LogP contribution in [-0.2, 0) is 9.53 Å². The molecule has 2 rings (SSSR count). The summed E-state index contributed by atoms with van der Waals surface area (Å²) in [6.07, 6.45) is -0.0857. The Morgan fingerprint density at radius 3 is 2.67 bits per heavy atom. The number of amides is 1. The molecule has 1 atom stereocenters. The maximum absolute atomic E-state index is 12.3. The monoisotopic (exact) mass is 377 g/mol. The molecule has 0 aliphatic heterocycles. The molecule has 0 radical (unpaired) electrons. The lowest BCUT2D eigenvalue weighted by Crippen LogP contribution is -2.28. The first kappa shape index (κ1) is 20.3. The highest BCUT2D eigenvalue weighted by Gasteiger charge is 2.26. The fourth-order valence-electron chi connectivity index (χ4n) is 2.68. The van der Waals surface area contributed by atoms with E-state index in [1.54, 1.807) is 13.0 Å². The molecule has 0 spiro atoms. The molecule has 1 aromatic carbocycles. The second kappa shape index (κ2) is 9.09. The fourth-order valence-corrected chi connectivity index (χ4v) is 2.68. The van der Waals surface area contributed by atoms with Crippen molar-refractivity contribution in [2.45, 2.75) is 19.3 Å². The van der Waals surface area contributed by atoms with Crippen LogP contribution in [0.15, 0.2) is 33.5 Å². The number of nitrogens with one attached hydrogen (secondary N) is 1. The van der Waals surface area contributed by atoms with Crippen molar-refractivity contribution in [1.29, 1.82) is 0 Å². The van der Waals surface area contributed by atoms with Gasteiger partial charge in [0.1, 0.15) is 5.76 Å². The first-order valence-electron chi connectivity index (χ1n) is 8.33. The van der Waals surface area contributed by atoms with Crippen molar-refractivity contribution in [1.82, 2.24) is 5.32 Å².